The number of fused-ring (bicyclic) bond motifs is 2. The van der Waals surface area contributed by atoms with E-state index in [-0.39, 0.29) is 17.5 Å². The van der Waals surface area contributed by atoms with Gasteiger partial charge in [0.05, 0.1) is 34.5 Å². The highest BCUT2D eigenvalue weighted by atomic mass is 32.2. The summed E-state index contributed by atoms with van der Waals surface area (Å²) in [5.41, 5.74) is 1.58. The second kappa shape index (κ2) is 12.4. The molecule has 7 nitrogen and oxygen atoms in total. The third-order valence-electron chi connectivity index (χ3n) is 7.14. The maximum absolute atomic E-state index is 13.1. The van der Waals surface area contributed by atoms with E-state index in [1.54, 1.807) is 0 Å². The lowest BCUT2D eigenvalue weighted by Gasteiger charge is -2.45. The molecule has 2 atom stereocenters. The predicted molar refractivity (Wildman–Crippen MR) is 150 cm³/mol. The van der Waals surface area contributed by atoms with Crippen LogP contribution in [0, 0.1) is 0 Å². The summed E-state index contributed by atoms with van der Waals surface area (Å²) < 4.78 is 57.3. The predicted octanol–water partition coefficient (Wildman–Crippen LogP) is 4.91. The number of thiazole rings is 1. The number of likely N-dealkylation sites (tertiary alicyclic amines) is 1. The van der Waals surface area contributed by atoms with Crippen molar-refractivity contribution in [1.82, 2.24) is 15.2 Å². The largest absolute Gasteiger partial charge is 0.427 e. The average Bonchev–Trinajstić information content (AvgIpc) is 3.56. The van der Waals surface area contributed by atoms with E-state index in [9.17, 15) is 22.2 Å². The van der Waals surface area contributed by atoms with E-state index < -0.39 is 27.5 Å². The number of aromatic nitrogens is 1. The van der Waals surface area contributed by atoms with E-state index in [0.717, 1.165) is 33.5 Å². The van der Waals surface area contributed by atoms with Gasteiger partial charge in [0, 0.05) is 35.2 Å². The Kier molecular flexibility index (Phi) is 9.53. The van der Waals surface area contributed by atoms with Crippen molar-refractivity contribution in [2.75, 3.05) is 18.8 Å². The van der Waals surface area contributed by atoms with Crippen molar-refractivity contribution in [3.63, 3.8) is 0 Å². The Hall–Kier alpha value is -2.16. The second-order valence-electron chi connectivity index (χ2n) is 9.94. The minimum absolute atomic E-state index is 0. The SMILES string of the molecule is CCS(=O)c1ccc(CNC(=O)c2cc3c(s2)C2(CCN(Cc4ncc(C(F)(F)F)s4)CC2)O[C@@H](C)C3)cc1.O. The first-order valence-corrected chi connectivity index (χ1v) is 15.8. The maximum atomic E-state index is 13.1. The van der Waals surface area contributed by atoms with E-state index in [4.69, 9.17) is 4.74 Å². The van der Waals surface area contributed by atoms with Gasteiger partial charge in [0.2, 0.25) is 0 Å². The van der Waals surface area contributed by atoms with Crippen molar-refractivity contribution in [2.45, 2.75) is 69.0 Å². The highest BCUT2D eigenvalue weighted by Gasteiger charge is 2.45. The Labute approximate surface area is 241 Å². The number of piperidine rings is 1. The quantitative estimate of drug-likeness (QED) is 0.407. The van der Waals surface area contributed by atoms with E-state index in [1.165, 1.54) is 11.3 Å². The molecule has 0 radical (unpaired) electrons. The summed E-state index contributed by atoms with van der Waals surface area (Å²) in [6.07, 6.45) is -1.31. The van der Waals surface area contributed by atoms with Crippen molar-refractivity contribution < 1.29 is 32.4 Å². The van der Waals surface area contributed by atoms with Crippen LogP contribution in [0.5, 0.6) is 0 Å². The van der Waals surface area contributed by atoms with Gasteiger partial charge in [-0.15, -0.1) is 22.7 Å². The van der Waals surface area contributed by atoms with E-state index in [2.05, 4.69) is 15.2 Å². The van der Waals surface area contributed by atoms with Gasteiger partial charge in [0.15, 0.2) is 0 Å². The molecule has 3 N–H and O–H groups in total. The van der Waals surface area contributed by atoms with Crippen molar-refractivity contribution in [3.8, 4) is 0 Å². The van der Waals surface area contributed by atoms with Gasteiger partial charge in [-0.25, -0.2) is 4.98 Å². The number of benzene rings is 1. The van der Waals surface area contributed by atoms with Gasteiger partial charge in [-0.3, -0.25) is 13.9 Å². The fourth-order valence-corrected chi connectivity index (χ4v) is 8.08. The molecule has 40 heavy (non-hydrogen) atoms. The number of alkyl halides is 3. The molecule has 5 rings (SSSR count). The Balaban J connectivity index is 0.00000370. The molecule has 218 valence electrons. The van der Waals surface area contributed by atoms with Gasteiger partial charge < -0.3 is 15.5 Å². The van der Waals surface area contributed by atoms with Crippen LogP contribution in [0.4, 0.5) is 13.2 Å². The number of rotatable bonds is 7. The van der Waals surface area contributed by atoms with Crippen LogP contribution < -0.4 is 5.32 Å². The summed E-state index contributed by atoms with van der Waals surface area (Å²) in [5.74, 6) is 0.426. The smallest absolute Gasteiger partial charge is 0.412 e. The van der Waals surface area contributed by atoms with Gasteiger partial charge in [-0.2, -0.15) is 13.2 Å². The van der Waals surface area contributed by atoms with Crippen LogP contribution in [-0.4, -0.2) is 50.4 Å². The fraction of sp³-hybridized carbons (Fsp3) is 0.481. The summed E-state index contributed by atoms with van der Waals surface area (Å²) in [7, 11) is -1.01. The maximum Gasteiger partial charge on any atom is 0.427 e. The van der Waals surface area contributed by atoms with Crippen molar-refractivity contribution in [2.24, 2.45) is 0 Å². The molecule has 1 unspecified atom stereocenters. The number of carbonyl (C=O) groups is 1. The molecular weight excluding hydrogens is 584 g/mol. The summed E-state index contributed by atoms with van der Waals surface area (Å²) in [6.45, 7) is 6.02. The number of thiophene rings is 1. The summed E-state index contributed by atoms with van der Waals surface area (Å²) in [5, 5.41) is 3.46. The molecule has 1 spiro atoms. The molecule has 0 bridgehead atoms. The Morgan fingerprint density at radius 1 is 1.23 bits per heavy atom. The number of hydrogen-bond acceptors (Lipinski definition) is 7. The van der Waals surface area contributed by atoms with Crippen LogP contribution in [0.2, 0.25) is 0 Å². The molecule has 1 aromatic carbocycles. The monoisotopic (exact) mass is 615 g/mol. The number of halogens is 3. The normalized spacial score (nSPS) is 19.6. The Bertz CT molecular complexity index is 1350. The number of hydrogen-bond donors (Lipinski definition) is 1. The third kappa shape index (κ3) is 6.66. The Morgan fingerprint density at radius 2 is 1.93 bits per heavy atom. The molecule has 1 saturated heterocycles. The standard InChI is InChI=1S/C27H30F3N3O3S3.H2O/c1-3-39(35)20-6-4-18(5-7-20)14-32-25(34)21-13-19-12-17(2)36-26(24(19)37-21)8-10-33(11-9-26)16-23-31-15-22(38-23)27(28,29)30;/h4-7,13,15,17H,3,8-12,14,16H2,1-2H3,(H,32,34);1H2/t17-,39?;/m0./s1. The van der Waals surface area contributed by atoms with Gasteiger partial charge in [-0.1, -0.05) is 19.1 Å². The molecular formula is C27H32F3N3O4S3. The van der Waals surface area contributed by atoms with Crippen LogP contribution in [0.25, 0.3) is 0 Å². The van der Waals surface area contributed by atoms with Gasteiger partial charge in [0.25, 0.3) is 5.91 Å². The van der Waals surface area contributed by atoms with Gasteiger partial charge in [0.1, 0.15) is 15.5 Å². The molecule has 2 aliphatic heterocycles. The lowest BCUT2D eigenvalue weighted by atomic mass is 9.84. The number of nitrogens with one attached hydrogen (secondary N) is 1. The van der Waals surface area contributed by atoms with Crippen LogP contribution in [0.1, 0.15) is 62.2 Å². The molecule has 1 amide bonds. The van der Waals surface area contributed by atoms with Crippen LogP contribution >= 0.6 is 22.7 Å². The average molecular weight is 616 g/mol. The fourth-order valence-electron chi connectivity index (χ4n) is 5.19. The highest BCUT2D eigenvalue weighted by Crippen LogP contribution is 2.47. The first-order chi connectivity index (χ1) is 18.6. The van der Waals surface area contributed by atoms with E-state index >= 15 is 0 Å². The number of amides is 1. The van der Waals surface area contributed by atoms with E-state index in [0.29, 0.717) is 66.0 Å². The molecule has 1 fully saturated rings. The van der Waals surface area contributed by atoms with Crippen LogP contribution in [0.15, 0.2) is 41.4 Å². The van der Waals surface area contributed by atoms with Gasteiger partial charge >= 0.3 is 6.18 Å². The molecule has 4 heterocycles. The zero-order valence-corrected chi connectivity index (χ0v) is 24.6. The summed E-state index contributed by atoms with van der Waals surface area (Å²) in [4.78, 5) is 21.0. The minimum atomic E-state index is -4.37. The molecule has 3 aromatic rings. The lowest BCUT2D eigenvalue weighted by molar-refractivity contribution is -0.134. The molecule has 0 aliphatic carbocycles. The topological polar surface area (TPSA) is 103 Å². The Morgan fingerprint density at radius 3 is 2.55 bits per heavy atom. The summed E-state index contributed by atoms with van der Waals surface area (Å²) >= 11 is 2.17. The first kappa shape index (κ1) is 30.8. The lowest BCUT2D eigenvalue weighted by Crippen LogP contribution is -2.47. The molecule has 2 aromatic heterocycles. The first-order valence-electron chi connectivity index (χ1n) is 12.9. The van der Waals surface area contributed by atoms with Crippen molar-refractivity contribution in [1.29, 1.82) is 0 Å². The van der Waals surface area contributed by atoms with Gasteiger partial charge in [-0.05, 0) is 55.5 Å². The van der Waals surface area contributed by atoms with Crippen molar-refractivity contribution in [3.05, 3.63) is 67.3 Å². The van der Waals surface area contributed by atoms with Crippen LogP contribution in [-0.2, 0) is 46.8 Å². The second-order valence-corrected chi connectivity index (χ2v) is 13.9. The summed E-state index contributed by atoms with van der Waals surface area (Å²) in [6, 6.07) is 9.42. The molecule has 0 saturated carbocycles. The van der Waals surface area contributed by atoms with E-state index in [1.807, 2.05) is 44.2 Å². The van der Waals surface area contributed by atoms with Crippen molar-refractivity contribution >= 4 is 39.4 Å². The zero-order chi connectivity index (χ0) is 27.8. The van der Waals surface area contributed by atoms with Crippen LogP contribution in [0.3, 0.4) is 0 Å². The number of nitrogens with zero attached hydrogens (tertiary/aromatic N) is 2. The molecule has 13 heteroatoms. The zero-order valence-electron chi connectivity index (χ0n) is 22.2. The minimum Gasteiger partial charge on any atom is -0.412 e. The number of ether oxygens (including phenoxy) is 1. The molecule has 2 aliphatic rings. The highest BCUT2D eigenvalue weighted by molar-refractivity contribution is 7.85. The third-order valence-corrected chi connectivity index (χ3v) is 10.8. The number of carbonyl (C=O) groups excluding carboxylic acids is 1.